The summed E-state index contributed by atoms with van der Waals surface area (Å²) < 4.78 is 5.16. The number of halogens is 1. The number of nitrogens with zero attached hydrogens (tertiary/aromatic N) is 2. The lowest BCUT2D eigenvalue weighted by Gasteiger charge is -2.18. The fourth-order valence-electron chi connectivity index (χ4n) is 2.29. The topological polar surface area (TPSA) is 59.0 Å². The second-order valence-corrected chi connectivity index (χ2v) is 7.72. The number of thioether (sulfide) groups is 1. The summed E-state index contributed by atoms with van der Waals surface area (Å²) >= 11 is 8.95. The number of benzene rings is 1. The molecule has 0 fully saturated rings. The Hall–Kier alpha value is -2.09. The Balaban J connectivity index is 1.98. The van der Waals surface area contributed by atoms with Crippen LogP contribution in [-0.2, 0) is 9.59 Å². The minimum Gasteiger partial charge on any atom is -0.495 e. The third kappa shape index (κ3) is 4.00. The lowest BCUT2D eigenvalue weighted by Crippen LogP contribution is -2.30. The highest BCUT2D eigenvalue weighted by Gasteiger charge is 2.32. The van der Waals surface area contributed by atoms with Crippen molar-refractivity contribution < 1.29 is 14.3 Å². The number of anilines is 1. The molecule has 1 amide bonds. The van der Waals surface area contributed by atoms with Crippen molar-refractivity contribution in [2.45, 2.75) is 6.92 Å². The first kappa shape index (κ1) is 18.7. The van der Waals surface area contributed by atoms with Gasteiger partial charge >= 0.3 is 0 Å². The highest BCUT2D eigenvalue weighted by atomic mass is 35.5. The van der Waals surface area contributed by atoms with Gasteiger partial charge in [-0.15, -0.1) is 11.3 Å². The molecule has 1 aliphatic heterocycles. The monoisotopic (exact) mass is 406 g/mol. The fourth-order valence-corrected chi connectivity index (χ4v) is 4.01. The molecule has 1 aromatic heterocycles. The number of thiophene rings is 1. The van der Waals surface area contributed by atoms with Crippen molar-refractivity contribution in [1.29, 1.82) is 0 Å². The number of ketones is 1. The van der Waals surface area contributed by atoms with Crippen LogP contribution >= 0.6 is 34.7 Å². The van der Waals surface area contributed by atoms with E-state index in [1.165, 1.54) is 42.0 Å². The van der Waals surface area contributed by atoms with E-state index in [0.29, 0.717) is 27.3 Å². The van der Waals surface area contributed by atoms with E-state index in [0.717, 1.165) is 4.88 Å². The largest absolute Gasteiger partial charge is 0.495 e. The van der Waals surface area contributed by atoms with Crippen molar-refractivity contribution in [2.75, 3.05) is 17.8 Å². The fraction of sp³-hybridized carbons (Fsp3) is 0.167. The van der Waals surface area contributed by atoms with Gasteiger partial charge in [0.15, 0.2) is 5.17 Å². The van der Waals surface area contributed by atoms with E-state index < -0.39 is 0 Å². The van der Waals surface area contributed by atoms with Crippen molar-refractivity contribution in [3.8, 4) is 5.75 Å². The van der Waals surface area contributed by atoms with Gasteiger partial charge < -0.3 is 4.74 Å². The predicted molar refractivity (Wildman–Crippen MR) is 108 cm³/mol. The summed E-state index contributed by atoms with van der Waals surface area (Å²) in [5, 5.41) is 2.78. The van der Waals surface area contributed by atoms with Gasteiger partial charge in [-0.05, 0) is 42.6 Å². The lowest BCUT2D eigenvalue weighted by molar-refractivity contribution is -0.115. The summed E-state index contributed by atoms with van der Waals surface area (Å²) in [6.45, 7) is 1.50. The molecule has 1 aromatic carbocycles. The van der Waals surface area contributed by atoms with Gasteiger partial charge in [0, 0.05) is 4.88 Å². The van der Waals surface area contributed by atoms with Crippen LogP contribution in [-0.4, -0.2) is 29.7 Å². The van der Waals surface area contributed by atoms with Crippen molar-refractivity contribution in [2.24, 2.45) is 4.99 Å². The third-order valence-electron chi connectivity index (χ3n) is 3.45. The molecule has 8 heteroatoms. The van der Waals surface area contributed by atoms with E-state index in [4.69, 9.17) is 16.3 Å². The Bertz CT molecular complexity index is 907. The second kappa shape index (κ2) is 8.07. The minimum atomic E-state index is -0.259. The van der Waals surface area contributed by atoms with Crippen LogP contribution < -0.4 is 9.64 Å². The first-order chi connectivity index (χ1) is 12.5. The van der Waals surface area contributed by atoms with Crippen molar-refractivity contribution in [3.05, 3.63) is 51.3 Å². The number of amides is 1. The summed E-state index contributed by atoms with van der Waals surface area (Å²) in [6, 6.07) is 8.90. The molecule has 0 saturated carbocycles. The van der Waals surface area contributed by atoms with Gasteiger partial charge in [-0.25, -0.2) is 4.99 Å². The van der Waals surface area contributed by atoms with Crippen LogP contribution in [0.5, 0.6) is 5.75 Å². The van der Waals surface area contributed by atoms with Crippen LogP contribution in [0.25, 0.3) is 6.08 Å². The van der Waals surface area contributed by atoms with Crippen LogP contribution in [0.4, 0.5) is 5.69 Å². The smallest absolute Gasteiger partial charge is 0.283 e. The molecule has 0 spiro atoms. The average molecular weight is 407 g/mol. The van der Waals surface area contributed by atoms with Gasteiger partial charge in [-0.2, -0.15) is 0 Å². The molecular formula is C18H15ClN2O3S2. The highest BCUT2D eigenvalue weighted by molar-refractivity contribution is 8.14. The van der Waals surface area contributed by atoms with Crippen molar-refractivity contribution in [1.82, 2.24) is 0 Å². The molecule has 0 saturated heterocycles. The first-order valence-electron chi connectivity index (χ1n) is 7.63. The number of methoxy groups -OCH3 is 1. The molecule has 0 radical (unpaired) electrons. The Kier molecular flexibility index (Phi) is 5.80. The number of carbonyl (C=O) groups is 2. The zero-order valence-electron chi connectivity index (χ0n) is 14.1. The summed E-state index contributed by atoms with van der Waals surface area (Å²) in [4.78, 5) is 31.1. The van der Waals surface area contributed by atoms with Gasteiger partial charge in [0.2, 0.25) is 0 Å². The number of hydrogen-bond donors (Lipinski definition) is 0. The molecule has 0 bridgehead atoms. The zero-order valence-corrected chi connectivity index (χ0v) is 16.5. The number of hydrogen-bond acceptors (Lipinski definition) is 6. The number of rotatable bonds is 5. The Morgan fingerprint density at radius 3 is 2.85 bits per heavy atom. The van der Waals surface area contributed by atoms with Gasteiger partial charge in [-0.1, -0.05) is 29.4 Å². The molecule has 5 nitrogen and oxygen atoms in total. The van der Waals surface area contributed by atoms with Gasteiger partial charge in [0.1, 0.15) is 17.2 Å². The third-order valence-corrected chi connectivity index (χ3v) is 5.65. The molecule has 1 aliphatic rings. The number of aliphatic imine (C=N–C) groups is 1. The maximum absolute atomic E-state index is 12.9. The molecule has 2 aromatic rings. The van der Waals surface area contributed by atoms with Crippen molar-refractivity contribution >= 4 is 63.3 Å². The van der Waals surface area contributed by atoms with Crippen LogP contribution in [0, 0.1) is 0 Å². The predicted octanol–water partition coefficient (Wildman–Crippen LogP) is 4.48. The summed E-state index contributed by atoms with van der Waals surface area (Å²) in [5.41, 5.74) is 0.899. The highest BCUT2D eigenvalue weighted by Crippen LogP contribution is 2.34. The van der Waals surface area contributed by atoms with Gasteiger partial charge in [0.05, 0.1) is 23.6 Å². The Morgan fingerprint density at radius 2 is 2.23 bits per heavy atom. The molecule has 0 unspecified atom stereocenters. The maximum atomic E-state index is 12.9. The van der Waals surface area contributed by atoms with E-state index in [9.17, 15) is 9.59 Å². The van der Waals surface area contributed by atoms with Crippen LogP contribution in [0.1, 0.15) is 11.8 Å². The number of Topliss-reactive ketones (excluding diaryl/α,β-unsaturated/α-hetero) is 1. The molecule has 0 atom stereocenters. The number of ether oxygens (including phenoxy) is 1. The molecule has 134 valence electrons. The van der Waals surface area contributed by atoms with Crippen LogP contribution in [0.2, 0.25) is 5.02 Å². The summed E-state index contributed by atoms with van der Waals surface area (Å²) in [6.07, 6.45) is 1.74. The number of amidine groups is 1. The lowest BCUT2D eigenvalue weighted by atomic mass is 10.2. The minimum absolute atomic E-state index is 0.00792. The second-order valence-electron chi connectivity index (χ2n) is 5.39. The van der Waals surface area contributed by atoms with Gasteiger partial charge in [-0.3, -0.25) is 14.5 Å². The average Bonchev–Trinajstić information content (AvgIpc) is 3.22. The van der Waals surface area contributed by atoms with Crippen LogP contribution in [0.3, 0.4) is 0 Å². The number of carbonyl (C=O) groups excluding carboxylic acids is 2. The van der Waals surface area contributed by atoms with E-state index in [1.54, 1.807) is 24.3 Å². The first-order valence-corrected chi connectivity index (χ1v) is 9.88. The maximum Gasteiger partial charge on any atom is 0.283 e. The van der Waals surface area contributed by atoms with E-state index in [1.807, 2.05) is 17.5 Å². The van der Waals surface area contributed by atoms with Crippen LogP contribution in [0.15, 0.2) is 46.4 Å². The molecular weight excluding hydrogens is 392 g/mol. The van der Waals surface area contributed by atoms with E-state index in [-0.39, 0.29) is 17.4 Å². The zero-order chi connectivity index (χ0) is 18.7. The van der Waals surface area contributed by atoms with Gasteiger partial charge in [0.25, 0.3) is 5.91 Å². The quantitative estimate of drug-likeness (QED) is 0.687. The normalized spacial score (nSPS) is 15.5. The van der Waals surface area contributed by atoms with E-state index >= 15 is 0 Å². The van der Waals surface area contributed by atoms with Crippen molar-refractivity contribution in [3.63, 3.8) is 0 Å². The molecule has 2 heterocycles. The molecule has 0 N–H and O–H groups in total. The Morgan fingerprint density at radius 1 is 1.42 bits per heavy atom. The molecule has 26 heavy (non-hydrogen) atoms. The van der Waals surface area contributed by atoms with E-state index in [2.05, 4.69) is 4.99 Å². The summed E-state index contributed by atoms with van der Waals surface area (Å²) in [5.74, 6) is 0.504. The Labute approximate surface area is 164 Å². The molecule has 0 aliphatic carbocycles. The molecule has 3 rings (SSSR count). The summed E-state index contributed by atoms with van der Waals surface area (Å²) in [7, 11) is 1.53. The standard InChI is InChI=1S/C18H15ClN2O3S2/c1-11(22)10-26-18-20-15(9-13-4-3-7-25-13)17(23)21(18)12-5-6-16(24-2)14(19)8-12/h3-9H,10H2,1-2H3. The SMILES string of the molecule is COc1ccc(N2C(=O)C(=Cc3cccs3)N=C2SCC(C)=O)cc1Cl.